The van der Waals surface area contributed by atoms with Gasteiger partial charge >= 0.3 is 0 Å². The molecule has 1 aromatic carbocycles. The van der Waals surface area contributed by atoms with Gasteiger partial charge < -0.3 is 10.6 Å². The first-order valence-corrected chi connectivity index (χ1v) is 6.75. The van der Waals surface area contributed by atoms with Crippen LogP contribution in [0, 0.1) is 11.7 Å². The molecule has 1 unspecified atom stereocenters. The van der Waals surface area contributed by atoms with Crippen molar-refractivity contribution in [1.82, 2.24) is 10.6 Å². The third-order valence-electron chi connectivity index (χ3n) is 3.77. The van der Waals surface area contributed by atoms with Gasteiger partial charge in [0, 0.05) is 12.0 Å². The van der Waals surface area contributed by atoms with Crippen molar-refractivity contribution in [2.45, 2.75) is 25.7 Å². The summed E-state index contributed by atoms with van der Waals surface area (Å²) in [6.07, 6.45) is 1.26. The predicted molar refractivity (Wildman–Crippen MR) is 73.3 cm³/mol. The molecule has 1 atom stereocenters. The number of nitrogens with one attached hydrogen (secondary N) is 2. The van der Waals surface area contributed by atoms with E-state index < -0.39 is 0 Å². The van der Waals surface area contributed by atoms with Crippen LogP contribution in [0.4, 0.5) is 4.39 Å². The van der Waals surface area contributed by atoms with E-state index in [1.807, 2.05) is 6.07 Å². The van der Waals surface area contributed by atoms with Gasteiger partial charge in [-0.1, -0.05) is 26.0 Å². The molecule has 2 rings (SSSR count). The van der Waals surface area contributed by atoms with Gasteiger partial charge in [-0.3, -0.25) is 0 Å². The Hall–Kier alpha value is -0.930. The molecule has 2 nitrogen and oxygen atoms in total. The van der Waals surface area contributed by atoms with Gasteiger partial charge in [-0.15, -0.1) is 0 Å². The standard InChI is InChI=1S/C15H23FN2/c1-15(2,13-4-3-5-14(16)8-13)11-18-10-12-6-7-17-9-12/h3-5,8,12,17-18H,6-7,9-11H2,1-2H3. The van der Waals surface area contributed by atoms with Crippen LogP contribution in [0.25, 0.3) is 0 Å². The minimum Gasteiger partial charge on any atom is -0.316 e. The van der Waals surface area contributed by atoms with Crippen molar-refractivity contribution in [3.8, 4) is 0 Å². The fraction of sp³-hybridized carbons (Fsp3) is 0.600. The molecule has 0 amide bonds. The largest absolute Gasteiger partial charge is 0.316 e. The lowest BCUT2D eigenvalue weighted by atomic mass is 9.84. The Morgan fingerprint density at radius 1 is 1.44 bits per heavy atom. The summed E-state index contributed by atoms with van der Waals surface area (Å²) in [7, 11) is 0. The molecule has 0 saturated carbocycles. The van der Waals surface area contributed by atoms with Crippen LogP contribution in [0.15, 0.2) is 24.3 Å². The maximum Gasteiger partial charge on any atom is 0.123 e. The number of rotatable bonds is 5. The lowest BCUT2D eigenvalue weighted by Gasteiger charge is -2.26. The van der Waals surface area contributed by atoms with Gasteiger partial charge in [-0.25, -0.2) is 4.39 Å². The van der Waals surface area contributed by atoms with Crippen molar-refractivity contribution in [2.75, 3.05) is 26.2 Å². The summed E-state index contributed by atoms with van der Waals surface area (Å²) in [5.41, 5.74) is 1.02. The Balaban J connectivity index is 1.86. The van der Waals surface area contributed by atoms with Crippen LogP contribution >= 0.6 is 0 Å². The topological polar surface area (TPSA) is 24.1 Å². The number of benzene rings is 1. The first-order valence-electron chi connectivity index (χ1n) is 6.75. The molecule has 2 N–H and O–H groups in total. The zero-order chi connectivity index (χ0) is 13.0. The van der Waals surface area contributed by atoms with E-state index in [0.29, 0.717) is 0 Å². The van der Waals surface area contributed by atoms with E-state index in [-0.39, 0.29) is 11.2 Å². The lowest BCUT2D eigenvalue weighted by Crippen LogP contribution is -2.36. The highest BCUT2D eigenvalue weighted by Gasteiger charge is 2.21. The molecular formula is C15H23FN2. The zero-order valence-corrected chi connectivity index (χ0v) is 11.3. The van der Waals surface area contributed by atoms with Crippen LogP contribution in [0.3, 0.4) is 0 Å². The summed E-state index contributed by atoms with van der Waals surface area (Å²) < 4.78 is 13.2. The summed E-state index contributed by atoms with van der Waals surface area (Å²) in [6, 6.07) is 6.92. The predicted octanol–water partition coefficient (Wildman–Crippen LogP) is 2.30. The fourth-order valence-electron chi connectivity index (χ4n) is 2.49. The highest BCUT2D eigenvalue weighted by atomic mass is 19.1. The van der Waals surface area contributed by atoms with Gasteiger partial charge in [-0.2, -0.15) is 0 Å². The molecule has 0 bridgehead atoms. The third-order valence-corrected chi connectivity index (χ3v) is 3.77. The van der Waals surface area contributed by atoms with Crippen molar-refractivity contribution in [3.05, 3.63) is 35.6 Å². The average molecular weight is 250 g/mol. The van der Waals surface area contributed by atoms with Crippen molar-refractivity contribution >= 4 is 0 Å². The monoisotopic (exact) mass is 250 g/mol. The van der Waals surface area contributed by atoms with Crippen LogP contribution < -0.4 is 10.6 Å². The maximum atomic E-state index is 13.2. The molecule has 3 heteroatoms. The molecule has 0 radical (unpaired) electrons. The van der Waals surface area contributed by atoms with Gasteiger partial charge in [0.2, 0.25) is 0 Å². The Morgan fingerprint density at radius 3 is 2.94 bits per heavy atom. The minimum atomic E-state index is -0.152. The second-order valence-corrected chi connectivity index (χ2v) is 5.88. The van der Waals surface area contributed by atoms with Gasteiger partial charge in [0.15, 0.2) is 0 Å². The summed E-state index contributed by atoms with van der Waals surface area (Å²) in [5, 5.41) is 6.89. The van der Waals surface area contributed by atoms with Gasteiger partial charge in [0.05, 0.1) is 0 Å². The first kappa shape index (κ1) is 13.5. The van der Waals surface area contributed by atoms with Crippen molar-refractivity contribution in [3.63, 3.8) is 0 Å². The molecule has 100 valence electrons. The van der Waals surface area contributed by atoms with E-state index in [4.69, 9.17) is 0 Å². The van der Waals surface area contributed by atoms with E-state index in [2.05, 4.69) is 24.5 Å². The Labute approximate surface area is 109 Å². The molecule has 1 aromatic rings. The fourth-order valence-corrected chi connectivity index (χ4v) is 2.49. The van der Waals surface area contributed by atoms with Gasteiger partial charge in [0.25, 0.3) is 0 Å². The second-order valence-electron chi connectivity index (χ2n) is 5.88. The smallest absolute Gasteiger partial charge is 0.123 e. The summed E-state index contributed by atoms with van der Waals surface area (Å²) in [6.45, 7) is 8.50. The van der Waals surface area contributed by atoms with E-state index in [0.717, 1.165) is 37.7 Å². The number of hydrogen-bond donors (Lipinski definition) is 2. The van der Waals surface area contributed by atoms with Crippen LogP contribution in [-0.4, -0.2) is 26.2 Å². The lowest BCUT2D eigenvalue weighted by molar-refractivity contribution is 0.429. The Kier molecular flexibility index (Phi) is 4.36. The molecule has 18 heavy (non-hydrogen) atoms. The highest BCUT2D eigenvalue weighted by molar-refractivity contribution is 5.24. The Morgan fingerprint density at radius 2 is 2.28 bits per heavy atom. The minimum absolute atomic E-state index is 0.0336. The van der Waals surface area contributed by atoms with Crippen LogP contribution in [0.2, 0.25) is 0 Å². The Bertz CT molecular complexity index is 384. The molecule has 1 heterocycles. The molecule has 1 aliphatic heterocycles. The first-order chi connectivity index (χ1) is 8.58. The average Bonchev–Trinajstić information content (AvgIpc) is 2.82. The van der Waals surface area contributed by atoms with Crippen molar-refractivity contribution < 1.29 is 4.39 Å². The normalized spacial score (nSPS) is 20.3. The van der Waals surface area contributed by atoms with E-state index >= 15 is 0 Å². The summed E-state index contributed by atoms with van der Waals surface area (Å²) >= 11 is 0. The molecule has 1 fully saturated rings. The highest BCUT2D eigenvalue weighted by Crippen LogP contribution is 2.23. The quantitative estimate of drug-likeness (QED) is 0.838. The van der Waals surface area contributed by atoms with Gasteiger partial charge in [0.1, 0.15) is 5.82 Å². The number of halogens is 1. The van der Waals surface area contributed by atoms with Crippen molar-refractivity contribution in [1.29, 1.82) is 0 Å². The second kappa shape index (κ2) is 5.81. The molecule has 0 aromatic heterocycles. The van der Waals surface area contributed by atoms with Crippen LogP contribution in [-0.2, 0) is 5.41 Å². The van der Waals surface area contributed by atoms with E-state index in [1.165, 1.54) is 12.5 Å². The number of hydrogen-bond acceptors (Lipinski definition) is 2. The van der Waals surface area contributed by atoms with E-state index in [1.54, 1.807) is 12.1 Å². The zero-order valence-electron chi connectivity index (χ0n) is 11.3. The van der Waals surface area contributed by atoms with Crippen LogP contribution in [0.5, 0.6) is 0 Å². The summed E-state index contributed by atoms with van der Waals surface area (Å²) in [4.78, 5) is 0. The van der Waals surface area contributed by atoms with Crippen LogP contribution in [0.1, 0.15) is 25.8 Å². The molecular weight excluding hydrogens is 227 g/mol. The molecule has 0 spiro atoms. The molecule has 1 saturated heterocycles. The molecule has 1 aliphatic rings. The SMILES string of the molecule is CC(C)(CNCC1CCNC1)c1cccc(F)c1. The van der Waals surface area contributed by atoms with Gasteiger partial charge in [-0.05, 0) is 49.7 Å². The molecule has 0 aliphatic carbocycles. The van der Waals surface area contributed by atoms with E-state index in [9.17, 15) is 4.39 Å². The maximum absolute atomic E-state index is 13.2. The summed E-state index contributed by atoms with van der Waals surface area (Å²) in [5.74, 6) is 0.592. The van der Waals surface area contributed by atoms with Crippen molar-refractivity contribution in [2.24, 2.45) is 5.92 Å². The third kappa shape index (κ3) is 3.53.